The molecule has 3 aromatic carbocycles. The first kappa shape index (κ1) is 13.8. The molecule has 1 atom stereocenters. The zero-order chi connectivity index (χ0) is 16.0. The van der Waals surface area contributed by atoms with Gasteiger partial charge in [-0.1, -0.05) is 42.5 Å². The fourth-order valence-corrected chi connectivity index (χ4v) is 3.34. The van der Waals surface area contributed by atoms with Crippen molar-refractivity contribution in [1.82, 2.24) is 0 Å². The van der Waals surface area contributed by atoms with Crippen LogP contribution in [-0.2, 0) is 4.79 Å². The largest absolute Gasteiger partial charge is 0.508 e. The van der Waals surface area contributed by atoms with Gasteiger partial charge in [-0.15, -0.1) is 0 Å². The van der Waals surface area contributed by atoms with Crippen LogP contribution in [-0.4, -0.2) is 11.1 Å². The van der Waals surface area contributed by atoms with Crippen molar-refractivity contribution in [3.63, 3.8) is 0 Å². The molecule has 3 aromatic rings. The summed E-state index contributed by atoms with van der Waals surface area (Å²) in [6.45, 7) is 1.87. The van der Waals surface area contributed by atoms with E-state index in [1.54, 1.807) is 6.07 Å². The number of hydrogen-bond donors (Lipinski definition) is 1. The Hall–Kier alpha value is -2.81. The second-order valence-corrected chi connectivity index (χ2v) is 5.98. The van der Waals surface area contributed by atoms with E-state index >= 15 is 0 Å². The molecule has 23 heavy (non-hydrogen) atoms. The van der Waals surface area contributed by atoms with Crippen LogP contribution in [0.4, 0.5) is 0 Å². The van der Waals surface area contributed by atoms with Crippen LogP contribution in [0.5, 0.6) is 11.5 Å². The molecule has 1 N–H and O–H groups in total. The van der Waals surface area contributed by atoms with E-state index in [-0.39, 0.29) is 17.6 Å². The zero-order valence-electron chi connectivity index (χ0n) is 12.7. The normalized spacial score (nSPS) is 16.9. The van der Waals surface area contributed by atoms with Gasteiger partial charge in [-0.2, -0.15) is 0 Å². The quantitative estimate of drug-likeness (QED) is 0.539. The molecule has 1 heterocycles. The molecule has 1 aliphatic heterocycles. The minimum Gasteiger partial charge on any atom is -0.508 e. The lowest BCUT2D eigenvalue weighted by molar-refractivity contribution is -0.135. The number of aromatic hydroxyl groups is 1. The first-order valence-electron chi connectivity index (χ1n) is 7.65. The van der Waals surface area contributed by atoms with Crippen LogP contribution in [0, 0.1) is 6.92 Å². The summed E-state index contributed by atoms with van der Waals surface area (Å²) in [5, 5.41) is 12.0. The van der Waals surface area contributed by atoms with Crippen molar-refractivity contribution in [1.29, 1.82) is 0 Å². The number of benzene rings is 3. The van der Waals surface area contributed by atoms with Gasteiger partial charge in [-0.3, -0.25) is 4.79 Å². The number of aryl methyl sites for hydroxylation is 1. The summed E-state index contributed by atoms with van der Waals surface area (Å²) in [4.78, 5) is 12.0. The van der Waals surface area contributed by atoms with Crippen molar-refractivity contribution < 1.29 is 14.6 Å². The van der Waals surface area contributed by atoms with Crippen LogP contribution >= 0.6 is 0 Å². The molecule has 0 fully saturated rings. The Morgan fingerprint density at radius 1 is 1.09 bits per heavy atom. The van der Waals surface area contributed by atoms with Gasteiger partial charge in [-0.25, -0.2) is 0 Å². The van der Waals surface area contributed by atoms with E-state index in [4.69, 9.17) is 4.74 Å². The summed E-state index contributed by atoms with van der Waals surface area (Å²) >= 11 is 0. The highest BCUT2D eigenvalue weighted by atomic mass is 16.5. The van der Waals surface area contributed by atoms with Crippen LogP contribution in [0.2, 0.25) is 0 Å². The highest BCUT2D eigenvalue weighted by Gasteiger charge is 2.30. The minimum absolute atomic E-state index is 0.0587. The molecular weight excluding hydrogens is 288 g/mol. The lowest BCUT2D eigenvalue weighted by atomic mass is 9.83. The maximum atomic E-state index is 12.0. The maximum Gasteiger partial charge on any atom is 0.312 e. The Kier molecular flexibility index (Phi) is 3.08. The lowest BCUT2D eigenvalue weighted by Gasteiger charge is -2.26. The van der Waals surface area contributed by atoms with E-state index in [2.05, 4.69) is 12.1 Å². The van der Waals surface area contributed by atoms with Crippen molar-refractivity contribution >= 4 is 16.7 Å². The summed E-state index contributed by atoms with van der Waals surface area (Å²) in [5.74, 6) is 0.626. The van der Waals surface area contributed by atoms with Crippen molar-refractivity contribution in [3.8, 4) is 11.5 Å². The monoisotopic (exact) mass is 304 g/mol. The number of esters is 1. The predicted molar refractivity (Wildman–Crippen MR) is 88.9 cm³/mol. The first-order chi connectivity index (χ1) is 11.1. The third kappa shape index (κ3) is 2.25. The van der Waals surface area contributed by atoms with Crippen molar-refractivity contribution in [2.45, 2.75) is 19.3 Å². The van der Waals surface area contributed by atoms with Gasteiger partial charge in [0.25, 0.3) is 0 Å². The van der Waals surface area contributed by atoms with E-state index in [0.29, 0.717) is 12.2 Å². The van der Waals surface area contributed by atoms with E-state index in [1.165, 1.54) is 0 Å². The fourth-order valence-electron chi connectivity index (χ4n) is 3.34. The van der Waals surface area contributed by atoms with E-state index < -0.39 is 0 Å². The number of hydrogen-bond acceptors (Lipinski definition) is 3. The van der Waals surface area contributed by atoms with Crippen molar-refractivity contribution in [3.05, 3.63) is 71.3 Å². The topological polar surface area (TPSA) is 46.5 Å². The molecule has 0 amide bonds. The molecule has 3 heteroatoms. The zero-order valence-corrected chi connectivity index (χ0v) is 12.7. The highest BCUT2D eigenvalue weighted by molar-refractivity contribution is 5.92. The van der Waals surface area contributed by atoms with Gasteiger partial charge in [0.15, 0.2) is 0 Å². The average Bonchev–Trinajstić information content (AvgIpc) is 2.56. The molecule has 4 rings (SSSR count). The summed E-state index contributed by atoms with van der Waals surface area (Å²) in [6, 6.07) is 17.5. The summed E-state index contributed by atoms with van der Waals surface area (Å²) in [5.41, 5.74) is 2.88. The molecule has 0 saturated heterocycles. The van der Waals surface area contributed by atoms with Crippen LogP contribution < -0.4 is 4.74 Å². The van der Waals surface area contributed by atoms with Gasteiger partial charge in [-0.05, 0) is 41.0 Å². The Balaban J connectivity index is 1.97. The third-order valence-electron chi connectivity index (χ3n) is 4.50. The Morgan fingerprint density at radius 3 is 2.74 bits per heavy atom. The number of ether oxygens (including phenoxy) is 1. The SMILES string of the molecule is Cc1cc(C2CC(=O)Oc3ccc4ccccc4c32)ccc1O. The molecule has 1 aliphatic rings. The van der Waals surface area contributed by atoms with Gasteiger partial charge in [0.05, 0.1) is 6.42 Å². The number of rotatable bonds is 1. The molecule has 0 bridgehead atoms. The Bertz CT molecular complexity index is 927. The van der Waals surface area contributed by atoms with Gasteiger partial charge in [0.2, 0.25) is 0 Å². The van der Waals surface area contributed by atoms with Crippen LogP contribution in [0.15, 0.2) is 54.6 Å². The van der Waals surface area contributed by atoms with Crippen LogP contribution in [0.25, 0.3) is 10.8 Å². The summed E-state index contributed by atoms with van der Waals surface area (Å²) in [6.07, 6.45) is 0.311. The number of carbonyl (C=O) groups excluding carboxylic acids is 1. The molecule has 0 spiro atoms. The minimum atomic E-state index is -0.219. The molecule has 114 valence electrons. The average molecular weight is 304 g/mol. The molecule has 0 aromatic heterocycles. The fraction of sp³-hybridized carbons (Fsp3) is 0.150. The van der Waals surface area contributed by atoms with E-state index in [0.717, 1.165) is 27.5 Å². The third-order valence-corrected chi connectivity index (χ3v) is 4.50. The Labute approximate surface area is 134 Å². The second kappa shape index (κ2) is 5.13. The summed E-state index contributed by atoms with van der Waals surface area (Å²) in [7, 11) is 0. The van der Waals surface area contributed by atoms with Gasteiger partial charge in [0, 0.05) is 11.5 Å². The van der Waals surface area contributed by atoms with Crippen molar-refractivity contribution in [2.24, 2.45) is 0 Å². The number of phenolic OH excluding ortho intramolecular Hbond substituents is 1. The van der Waals surface area contributed by atoms with Crippen LogP contribution in [0.1, 0.15) is 29.0 Å². The first-order valence-corrected chi connectivity index (χ1v) is 7.65. The maximum absolute atomic E-state index is 12.0. The molecule has 1 unspecified atom stereocenters. The Morgan fingerprint density at radius 2 is 1.91 bits per heavy atom. The van der Waals surface area contributed by atoms with Gasteiger partial charge < -0.3 is 9.84 Å². The lowest BCUT2D eigenvalue weighted by Crippen LogP contribution is -2.21. The van der Waals surface area contributed by atoms with Gasteiger partial charge in [0.1, 0.15) is 11.5 Å². The number of carbonyl (C=O) groups is 1. The van der Waals surface area contributed by atoms with E-state index in [1.807, 2.05) is 43.3 Å². The van der Waals surface area contributed by atoms with Gasteiger partial charge >= 0.3 is 5.97 Å². The number of fused-ring (bicyclic) bond motifs is 3. The standard InChI is InChI=1S/C20H16O3/c1-12-10-14(6-8-17(12)21)16-11-19(22)23-18-9-7-13-4-2-3-5-15(13)20(16)18/h2-10,16,21H,11H2,1H3. The molecule has 3 nitrogen and oxygen atoms in total. The van der Waals surface area contributed by atoms with Crippen LogP contribution in [0.3, 0.4) is 0 Å². The van der Waals surface area contributed by atoms with E-state index in [9.17, 15) is 9.90 Å². The molecule has 0 aliphatic carbocycles. The highest BCUT2D eigenvalue weighted by Crippen LogP contribution is 2.43. The smallest absolute Gasteiger partial charge is 0.312 e. The molecule has 0 saturated carbocycles. The van der Waals surface area contributed by atoms with Crippen molar-refractivity contribution in [2.75, 3.05) is 0 Å². The summed E-state index contributed by atoms with van der Waals surface area (Å²) < 4.78 is 5.46. The predicted octanol–water partition coefficient (Wildman–Crippen LogP) is 4.29. The molecule has 0 radical (unpaired) electrons. The number of phenols is 1. The molecular formula is C20H16O3. The second-order valence-electron chi connectivity index (χ2n) is 5.98.